The minimum Gasteiger partial charge on any atom is -0.392 e. The fourth-order valence-electron chi connectivity index (χ4n) is 2.37. The molecule has 3 heteroatoms. The van der Waals surface area contributed by atoms with Gasteiger partial charge < -0.3 is 14.9 Å². The van der Waals surface area contributed by atoms with Crippen LogP contribution in [0.4, 0.5) is 0 Å². The molecule has 0 aromatic heterocycles. The average Bonchev–Trinajstić information content (AvgIpc) is 2.46. The van der Waals surface area contributed by atoms with Gasteiger partial charge in [0.2, 0.25) is 0 Å². The van der Waals surface area contributed by atoms with E-state index >= 15 is 0 Å². The van der Waals surface area contributed by atoms with Crippen LogP contribution in [0.1, 0.15) is 25.5 Å². The molecule has 0 aliphatic rings. The van der Waals surface area contributed by atoms with Gasteiger partial charge in [0.15, 0.2) is 0 Å². The molecule has 3 nitrogen and oxygen atoms in total. The molecule has 2 N–H and O–H groups in total. The highest BCUT2D eigenvalue weighted by Gasteiger charge is 2.31. The summed E-state index contributed by atoms with van der Waals surface area (Å²) < 4.78 is 5.52. The van der Waals surface area contributed by atoms with Crippen LogP contribution in [0.5, 0.6) is 0 Å². The summed E-state index contributed by atoms with van der Waals surface area (Å²) in [5, 5.41) is 20.1. The standard InChI is InChI=1S/C16H24O3/c1-5-14(17)11(2)15(18)12(3)16(19-4)13-9-7-6-8-10-13/h5-12,14-18H,1H2,2-4H3/t11-,12+,14-,15-,16-/m1/s1. The van der Waals surface area contributed by atoms with Gasteiger partial charge in [0.1, 0.15) is 0 Å². The molecule has 0 spiro atoms. The third kappa shape index (κ3) is 3.90. The summed E-state index contributed by atoms with van der Waals surface area (Å²) in [6.07, 6.45) is -0.134. The van der Waals surface area contributed by atoms with Crippen molar-refractivity contribution in [1.29, 1.82) is 0 Å². The van der Waals surface area contributed by atoms with Crippen LogP contribution >= 0.6 is 0 Å². The molecular weight excluding hydrogens is 240 g/mol. The second-order valence-corrected chi connectivity index (χ2v) is 5.00. The van der Waals surface area contributed by atoms with Crippen molar-refractivity contribution in [3.63, 3.8) is 0 Å². The molecule has 19 heavy (non-hydrogen) atoms. The molecule has 0 unspecified atom stereocenters. The highest BCUT2D eigenvalue weighted by molar-refractivity contribution is 5.18. The monoisotopic (exact) mass is 264 g/mol. The van der Waals surface area contributed by atoms with E-state index in [1.165, 1.54) is 6.08 Å². The Kier molecular flexibility index (Phi) is 6.22. The van der Waals surface area contributed by atoms with E-state index < -0.39 is 12.2 Å². The minimum atomic E-state index is -0.717. The first-order valence-corrected chi connectivity index (χ1v) is 6.59. The van der Waals surface area contributed by atoms with E-state index in [9.17, 15) is 10.2 Å². The number of aliphatic hydroxyl groups excluding tert-OH is 2. The molecule has 0 saturated carbocycles. The lowest BCUT2D eigenvalue weighted by Crippen LogP contribution is -2.36. The zero-order valence-electron chi connectivity index (χ0n) is 11.9. The molecule has 0 saturated heterocycles. The van der Waals surface area contributed by atoms with Crippen molar-refractivity contribution >= 4 is 0 Å². The van der Waals surface area contributed by atoms with Crippen molar-refractivity contribution < 1.29 is 14.9 Å². The summed E-state index contributed by atoms with van der Waals surface area (Å²) in [7, 11) is 1.63. The first kappa shape index (κ1) is 15.9. The van der Waals surface area contributed by atoms with Crippen LogP contribution in [0, 0.1) is 11.8 Å². The molecule has 0 bridgehead atoms. The number of aliphatic hydroxyl groups is 2. The quantitative estimate of drug-likeness (QED) is 0.744. The molecule has 1 aromatic carbocycles. The van der Waals surface area contributed by atoms with Gasteiger partial charge >= 0.3 is 0 Å². The Morgan fingerprint density at radius 3 is 2.16 bits per heavy atom. The van der Waals surface area contributed by atoms with Crippen LogP contribution < -0.4 is 0 Å². The van der Waals surface area contributed by atoms with E-state index in [-0.39, 0.29) is 17.9 Å². The smallest absolute Gasteiger partial charge is 0.0871 e. The van der Waals surface area contributed by atoms with Gasteiger partial charge in [-0.2, -0.15) is 0 Å². The lowest BCUT2D eigenvalue weighted by Gasteiger charge is -2.32. The first-order chi connectivity index (χ1) is 9.02. The minimum absolute atomic E-state index is 0.128. The van der Waals surface area contributed by atoms with Crippen molar-refractivity contribution in [3.05, 3.63) is 48.6 Å². The average molecular weight is 264 g/mol. The highest BCUT2D eigenvalue weighted by Crippen LogP contribution is 2.31. The number of ether oxygens (including phenoxy) is 1. The van der Waals surface area contributed by atoms with Crippen LogP contribution in [0.3, 0.4) is 0 Å². The maximum Gasteiger partial charge on any atom is 0.0871 e. The fourth-order valence-corrected chi connectivity index (χ4v) is 2.37. The van der Waals surface area contributed by atoms with Gasteiger partial charge in [0.05, 0.1) is 18.3 Å². The molecule has 1 aromatic rings. The Bertz CT molecular complexity index is 377. The molecule has 0 amide bonds. The zero-order chi connectivity index (χ0) is 14.4. The SMILES string of the molecule is C=C[C@@H](O)[C@@H](C)[C@@H](O)[C@H](C)[C@@H](OC)c1ccccc1. The lowest BCUT2D eigenvalue weighted by molar-refractivity contribution is -0.0487. The molecule has 0 fully saturated rings. The van der Waals surface area contributed by atoms with Crippen molar-refractivity contribution in [2.75, 3.05) is 7.11 Å². The van der Waals surface area contributed by atoms with Gasteiger partial charge in [-0.3, -0.25) is 0 Å². The molecule has 106 valence electrons. The van der Waals surface area contributed by atoms with Crippen LogP contribution in [-0.2, 0) is 4.74 Å². The van der Waals surface area contributed by atoms with Crippen molar-refractivity contribution in [1.82, 2.24) is 0 Å². The molecule has 1 rings (SSSR count). The van der Waals surface area contributed by atoms with Gasteiger partial charge in [0, 0.05) is 18.9 Å². The zero-order valence-corrected chi connectivity index (χ0v) is 11.9. The maximum atomic E-state index is 10.4. The van der Waals surface area contributed by atoms with Gasteiger partial charge in [-0.05, 0) is 5.56 Å². The summed E-state index contributed by atoms with van der Waals surface area (Å²) in [6.45, 7) is 7.29. The summed E-state index contributed by atoms with van der Waals surface area (Å²) in [6, 6.07) is 9.80. The number of rotatable bonds is 7. The van der Waals surface area contributed by atoms with Gasteiger partial charge in [-0.1, -0.05) is 50.3 Å². The second kappa shape index (κ2) is 7.43. The van der Waals surface area contributed by atoms with E-state index in [1.807, 2.05) is 44.2 Å². The first-order valence-electron chi connectivity index (χ1n) is 6.59. The summed E-state index contributed by atoms with van der Waals surface area (Å²) in [4.78, 5) is 0. The van der Waals surface area contributed by atoms with Gasteiger partial charge in [0.25, 0.3) is 0 Å². The number of benzene rings is 1. The van der Waals surface area contributed by atoms with Crippen LogP contribution in [0.15, 0.2) is 43.0 Å². The maximum absolute atomic E-state index is 10.4. The largest absolute Gasteiger partial charge is 0.392 e. The Labute approximate surface area is 115 Å². The van der Waals surface area contributed by atoms with Crippen molar-refractivity contribution in [2.45, 2.75) is 32.2 Å². The second-order valence-electron chi connectivity index (χ2n) is 5.00. The van der Waals surface area contributed by atoms with E-state index in [0.717, 1.165) is 5.56 Å². The van der Waals surface area contributed by atoms with Crippen molar-refractivity contribution in [3.8, 4) is 0 Å². The Hall–Kier alpha value is -1.16. The Morgan fingerprint density at radius 2 is 1.68 bits per heavy atom. The third-order valence-corrected chi connectivity index (χ3v) is 3.72. The van der Waals surface area contributed by atoms with Crippen molar-refractivity contribution in [2.24, 2.45) is 11.8 Å². The van der Waals surface area contributed by atoms with Crippen LogP contribution in [0.25, 0.3) is 0 Å². The number of methoxy groups -OCH3 is 1. The summed E-state index contributed by atoms with van der Waals surface area (Å²) >= 11 is 0. The van der Waals surface area contributed by atoms with E-state index in [1.54, 1.807) is 7.11 Å². The van der Waals surface area contributed by atoms with E-state index in [0.29, 0.717) is 0 Å². The Morgan fingerprint density at radius 1 is 1.11 bits per heavy atom. The molecule has 0 heterocycles. The molecule has 0 radical (unpaired) electrons. The number of hydrogen-bond acceptors (Lipinski definition) is 3. The van der Waals surface area contributed by atoms with Gasteiger partial charge in [-0.15, -0.1) is 6.58 Å². The molecule has 5 atom stereocenters. The summed E-state index contributed by atoms with van der Waals surface area (Å²) in [5.41, 5.74) is 1.02. The summed E-state index contributed by atoms with van der Waals surface area (Å²) in [5.74, 6) is -0.411. The van der Waals surface area contributed by atoms with E-state index in [4.69, 9.17) is 4.74 Å². The fraction of sp³-hybridized carbons (Fsp3) is 0.500. The highest BCUT2D eigenvalue weighted by atomic mass is 16.5. The lowest BCUT2D eigenvalue weighted by atomic mass is 9.84. The Balaban J connectivity index is 2.84. The van der Waals surface area contributed by atoms with Crippen LogP contribution in [-0.4, -0.2) is 29.5 Å². The molecular formula is C16H24O3. The third-order valence-electron chi connectivity index (χ3n) is 3.72. The topological polar surface area (TPSA) is 49.7 Å². The van der Waals surface area contributed by atoms with E-state index in [2.05, 4.69) is 6.58 Å². The number of hydrogen-bond donors (Lipinski definition) is 2. The molecule has 0 aliphatic carbocycles. The predicted octanol–water partition coefficient (Wildman–Crippen LogP) is 2.55. The van der Waals surface area contributed by atoms with Gasteiger partial charge in [-0.25, -0.2) is 0 Å². The van der Waals surface area contributed by atoms with Crippen LogP contribution in [0.2, 0.25) is 0 Å². The normalized spacial score (nSPS) is 19.2. The predicted molar refractivity (Wildman–Crippen MR) is 76.7 cm³/mol. The molecule has 0 aliphatic heterocycles.